The molecule has 0 rings (SSSR count). The van der Waals surface area contributed by atoms with Crippen molar-refractivity contribution in [1.82, 2.24) is 0 Å². The molecule has 0 atom stereocenters. The van der Waals surface area contributed by atoms with Crippen LogP contribution in [0.2, 0.25) is 0 Å². The number of rotatable bonds is 9. The summed E-state index contributed by atoms with van der Waals surface area (Å²) in [6.07, 6.45) is -2.71. The van der Waals surface area contributed by atoms with E-state index in [2.05, 4.69) is 9.98 Å². The minimum atomic E-state index is -6.42. The molecule has 0 bridgehead atoms. The third-order valence-electron chi connectivity index (χ3n) is 2.52. The lowest BCUT2D eigenvalue weighted by Gasteiger charge is -2.36. The number of carbonyl (C=O) groups excluding carboxylic acids is 2. The van der Waals surface area contributed by atoms with Crippen LogP contribution in [0.4, 0.5) is 35.1 Å². The van der Waals surface area contributed by atoms with Crippen LogP contribution in [0.25, 0.3) is 0 Å². The molecule has 0 radical (unpaired) electrons. The molecule has 0 amide bonds. The van der Waals surface area contributed by atoms with E-state index in [4.69, 9.17) is 0 Å². The van der Waals surface area contributed by atoms with Gasteiger partial charge in [-0.25, -0.2) is 19.6 Å². The molecule has 0 aliphatic rings. The van der Waals surface area contributed by atoms with Crippen LogP contribution in [-0.4, -0.2) is 48.9 Å². The Labute approximate surface area is 117 Å². The smallest absolute Gasteiger partial charge is 0.211 e. The Morgan fingerprint density at radius 1 is 0.636 bits per heavy atom. The van der Waals surface area contributed by atoms with E-state index in [1.165, 1.54) is 0 Å². The zero-order valence-electron chi connectivity index (χ0n) is 10.6. The van der Waals surface area contributed by atoms with E-state index in [0.29, 0.717) is 12.2 Å². The van der Waals surface area contributed by atoms with Gasteiger partial charge in [0.05, 0.1) is 13.1 Å². The Morgan fingerprint density at radius 3 is 1.14 bits per heavy atom. The van der Waals surface area contributed by atoms with Crippen molar-refractivity contribution in [2.24, 2.45) is 9.98 Å². The second-order valence-corrected chi connectivity index (χ2v) is 4.00. The number of alkyl halides is 8. The van der Waals surface area contributed by atoms with Gasteiger partial charge in [0.1, 0.15) is 0 Å². The fourth-order valence-electron chi connectivity index (χ4n) is 1.26. The third kappa shape index (κ3) is 3.89. The van der Waals surface area contributed by atoms with Gasteiger partial charge in [0.15, 0.2) is 0 Å². The Balaban J connectivity index is 5.42. The van der Waals surface area contributed by atoms with Crippen LogP contribution in [0.5, 0.6) is 0 Å². The summed E-state index contributed by atoms with van der Waals surface area (Å²) in [5.41, 5.74) is 0. The molecule has 0 unspecified atom stereocenters. The molecule has 4 nitrogen and oxygen atoms in total. The summed E-state index contributed by atoms with van der Waals surface area (Å²) in [5, 5.41) is 0. The summed E-state index contributed by atoms with van der Waals surface area (Å²) in [4.78, 5) is 24.2. The van der Waals surface area contributed by atoms with Crippen LogP contribution in [0.15, 0.2) is 9.98 Å². The van der Waals surface area contributed by atoms with Gasteiger partial charge in [-0.15, -0.1) is 0 Å². The second-order valence-electron chi connectivity index (χ2n) is 4.00. The monoisotopic (exact) mass is 340 g/mol. The largest absolute Gasteiger partial charge is 0.378 e. The second kappa shape index (κ2) is 6.97. The lowest BCUT2D eigenvalue weighted by molar-refractivity contribution is -0.366. The number of aliphatic imine (C=N–C) groups is 2. The van der Waals surface area contributed by atoms with E-state index in [0.717, 1.165) is 0 Å². The van der Waals surface area contributed by atoms with Crippen molar-refractivity contribution in [3.63, 3.8) is 0 Å². The van der Waals surface area contributed by atoms with Crippen molar-refractivity contribution < 1.29 is 44.7 Å². The minimum Gasteiger partial charge on any atom is -0.211 e. The average Bonchev–Trinajstić information content (AvgIpc) is 2.38. The number of hydrogen-bond donors (Lipinski definition) is 0. The Bertz CT molecular complexity index is 437. The van der Waals surface area contributed by atoms with Gasteiger partial charge in [-0.1, -0.05) is 0 Å². The first kappa shape index (κ1) is 20.2. The third-order valence-corrected chi connectivity index (χ3v) is 2.52. The zero-order chi connectivity index (χ0) is 17.7. The maximum Gasteiger partial charge on any atom is 0.378 e. The molecule has 0 aromatic heterocycles. The van der Waals surface area contributed by atoms with Gasteiger partial charge in [0, 0.05) is 12.8 Å². The van der Waals surface area contributed by atoms with E-state index in [1.54, 1.807) is 0 Å². The topological polar surface area (TPSA) is 58.9 Å². The maximum absolute atomic E-state index is 13.2. The SMILES string of the molecule is O=C=NCCC(F)(F)C(F)(F)C(F)(F)C(F)(F)CCN=C=O. The van der Waals surface area contributed by atoms with Crippen molar-refractivity contribution in [3.8, 4) is 0 Å². The van der Waals surface area contributed by atoms with Gasteiger partial charge in [-0.3, -0.25) is 0 Å². The molecule has 0 N–H and O–H groups in total. The number of isocyanates is 2. The molecule has 0 aliphatic heterocycles. The van der Waals surface area contributed by atoms with Crippen molar-refractivity contribution in [2.75, 3.05) is 13.1 Å². The van der Waals surface area contributed by atoms with Crippen LogP contribution in [-0.2, 0) is 9.59 Å². The lowest BCUT2D eigenvalue weighted by atomic mass is 9.95. The van der Waals surface area contributed by atoms with E-state index < -0.39 is 49.6 Å². The highest BCUT2D eigenvalue weighted by Gasteiger charge is 2.79. The summed E-state index contributed by atoms with van der Waals surface area (Å²) in [6.45, 7) is -2.60. The average molecular weight is 340 g/mol. The number of halogens is 8. The van der Waals surface area contributed by atoms with Crippen LogP contribution in [0.1, 0.15) is 12.8 Å². The van der Waals surface area contributed by atoms with Crippen molar-refractivity contribution in [1.29, 1.82) is 0 Å². The van der Waals surface area contributed by atoms with Crippen molar-refractivity contribution in [2.45, 2.75) is 36.5 Å². The molecule has 0 aromatic rings. The zero-order valence-corrected chi connectivity index (χ0v) is 10.6. The van der Waals surface area contributed by atoms with Gasteiger partial charge in [-0.2, -0.15) is 35.1 Å². The number of nitrogens with zero attached hydrogens (tertiary/aromatic N) is 2. The summed E-state index contributed by atoms with van der Waals surface area (Å²) in [5.74, 6) is -24.0. The lowest BCUT2D eigenvalue weighted by Crippen LogP contribution is -2.62. The predicted molar refractivity (Wildman–Crippen MR) is 55.0 cm³/mol. The summed E-state index contributed by atoms with van der Waals surface area (Å²) >= 11 is 0. The maximum atomic E-state index is 13.2. The molecular formula is C10H8F8N2O2. The van der Waals surface area contributed by atoms with Gasteiger partial charge in [0.25, 0.3) is 0 Å². The molecule has 0 heterocycles. The van der Waals surface area contributed by atoms with E-state index in [1.807, 2.05) is 0 Å². The Kier molecular flexibility index (Phi) is 6.40. The van der Waals surface area contributed by atoms with Crippen molar-refractivity contribution in [3.05, 3.63) is 0 Å². The fourth-order valence-corrected chi connectivity index (χ4v) is 1.26. The first-order valence-corrected chi connectivity index (χ1v) is 5.46. The Morgan fingerprint density at radius 2 is 0.909 bits per heavy atom. The first-order valence-electron chi connectivity index (χ1n) is 5.46. The van der Waals surface area contributed by atoms with Gasteiger partial charge in [0.2, 0.25) is 12.2 Å². The summed E-state index contributed by atoms with van der Waals surface area (Å²) in [7, 11) is 0. The van der Waals surface area contributed by atoms with Crippen LogP contribution in [0, 0.1) is 0 Å². The van der Waals surface area contributed by atoms with E-state index >= 15 is 0 Å². The fraction of sp³-hybridized carbons (Fsp3) is 0.800. The van der Waals surface area contributed by atoms with Gasteiger partial charge < -0.3 is 0 Å². The molecule has 22 heavy (non-hydrogen) atoms. The van der Waals surface area contributed by atoms with Crippen LogP contribution < -0.4 is 0 Å². The molecule has 0 aliphatic carbocycles. The van der Waals surface area contributed by atoms with Gasteiger partial charge in [-0.05, 0) is 0 Å². The quantitative estimate of drug-likeness (QED) is 0.368. The standard InChI is InChI=1S/C10H8F8N2O2/c11-7(12,1-3-19-5-21)9(15,16)10(17,18)8(13,14)2-4-20-6-22/h1-4H2. The minimum absolute atomic E-state index is 0.707. The molecule has 0 fully saturated rings. The summed E-state index contributed by atoms with van der Waals surface area (Å²) in [6, 6.07) is 0. The number of hydrogen-bond acceptors (Lipinski definition) is 4. The molecule has 126 valence electrons. The van der Waals surface area contributed by atoms with Crippen LogP contribution >= 0.6 is 0 Å². The highest BCUT2D eigenvalue weighted by molar-refractivity contribution is 5.33. The highest BCUT2D eigenvalue weighted by Crippen LogP contribution is 2.54. The first-order chi connectivity index (χ1) is 9.87. The molecule has 0 spiro atoms. The predicted octanol–water partition coefficient (Wildman–Crippen LogP) is 2.98. The van der Waals surface area contributed by atoms with Crippen LogP contribution in [0.3, 0.4) is 0 Å². The molecule has 12 heteroatoms. The summed E-state index contributed by atoms with van der Waals surface area (Å²) < 4.78 is 105. The molecule has 0 aromatic carbocycles. The normalized spacial score (nSPS) is 13.3. The Hall–Kier alpha value is -1.80. The highest BCUT2D eigenvalue weighted by atomic mass is 19.4. The molecular weight excluding hydrogens is 332 g/mol. The van der Waals surface area contributed by atoms with E-state index in [-0.39, 0.29) is 0 Å². The van der Waals surface area contributed by atoms with E-state index in [9.17, 15) is 44.7 Å². The molecule has 0 saturated carbocycles. The van der Waals surface area contributed by atoms with Crippen molar-refractivity contribution >= 4 is 12.2 Å². The molecule has 0 saturated heterocycles. The van der Waals surface area contributed by atoms with Gasteiger partial charge >= 0.3 is 23.7 Å².